The van der Waals surface area contributed by atoms with Crippen molar-refractivity contribution in [3.63, 3.8) is 0 Å². The monoisotopic (exact) mass is 260 g/mol. The standard InChI is InChI=1S/C15H16O2S/c16-13(15-2-1-9-18-15)5-3-11-4-6-14-12(10-11)7-8-17-14/h1-2,4,6,9-10,13,16H,3,5,7-8H2. The number of hydrogen-bond acceptors (Lipinski definition) is 3. The molecule has 2 nitrogen and oxygen atoms in total. The third kappa shape index (κ3) is 2.42. The third-order valence-electron chi connectivity index (χ3n) is 3.33. The van der Waals surface area contributed by atoms with Gasteiger partial charge in [0.15, 0.2) is 0 Å². The lowest BCUT2D eigenvalue weighted by Gasteiger charge is -2.09. The molecule has 1 atom stereocenters. The molecule has 94 valence electrons. The number of rotatable bonds is 4. The van der Waals surface area contributed by atoms with Crippen molar-refractivity contribution in [2.45, 2.75) is 25.4 Å². The number of fused-ring (bicyclic) bond motifs is 1. The number of ether oxygens (including phenoxy) is 1. The van der Waals surface area contributed by atoms with Crippen molar-refractivity contribution in [1.29, 1.82) is 0 Å². The molecule has 0 saturated carbocycles. The highest BCUT2D eigenvalue weighted by atomic mass is 32.1. The van der Waals surface area contributed by atoms with Crippen LogP contribution in [0.15, 0.2) is 35.7 Å². The largest absolute Gasteiger partial charge is 0.493 e. The topological polar surface area (TPSA) is 29.5 Å². The molecular weight excluding hydrogens is 244 g/mol. The van der Waals surface area contributed by atoms with Gasteiger partial charge >= 0.3 is 0 Å². The van der Waals surface area contributed by atoms with E-state index in [0.29, 0.717) is 0 Å². The highest BCUT2D eigenvalue weighted by molar-refractivity contribution is 7.10. The first-order chi connectivity index (χ1) is 8.83. The van der Waals surface area contributed by atoms with Gasteiger partial charge in [-0.15, -0.1) is 11.3 Å². The van der Waals surface area contributed by atoms with E-state index in [9.17, 15) is 5.11 Å². The number of aliphatic hydroxyl groups excluding tert-OH is 1. The summed E-state index contributed by atoms with van der Waals surface area (Å²) in [6.07, 6.45) is 2.36. The van der Waals surface area contributed by atoms with E-state index in [1.165, 1.54) is 11.1 Å². The van der Waals surface area contributed by atoms with Crippen molar-refractivity contribution in [1.82, 2.24) is 0 Å². The molecule has 1 aliphatic rings. The number of benzene rings is 1. The van der Waals surface area contributed by atoms with Crippen LogP contribution < -0.4 is 4.74 Å². The van der Waals surface area contributed by atoms with Gasteiger partial charge in [-0.2, -0.15) is 0 Å². The summed E-state index contributed by atoms with van der Waals surface area (Å²) in [4.78, 5) is 1.06. The van der Waals surface area contributed by atoms with Gasteiger partial charge in [-0.25, -0.2) is 0 Å². The fourth-order valence-electron chi connectivity index (χ4n) is 2.32. The minimum absolute atomic E-state index is 0.338. The Labute approximate surface area is 111 Å². The van der Waals surface area contributed by atoms with Gasteiger partial charge in [0, 0.05) is 11.3 Å². The van der Waals surface area contributed by atoms with Crippen molar-refractivity contribution in [2.24, 2.45) is 0 Å². The minimum Gasteiger partial charge on any atom is -0.493 e. The number of aliphatic hydroxyl groups is 1. The summed E-state index contributed by atoms with van der Waals surface area (Å²) >= 11 is 1.62. The predicted octanol–water partition coefficient (Wildman–Crippen LogP) is 3.35. The summed E-state index contributed by atoms with van der Waals surface area (Å²) in [5.74, 6) is 1.03. The van der Waals surface area contributed by atoms with E-state index in [2.05, 4.69) is 18.2 Å². The average Bonchev–Trinajstić information content (AvgIpc) is 3.05. The van der Waals surface area contributed by atoms with Gasteiger partial charge in [-0.3, -0.25) is 0 Å². The van der Waals surface area contributed by atoms with Gasteiger partial charge in [-0.05, 0) is 41.5 Å². The Hall–Kier alpha value is -1.32. The molecule has 2 aromatic rings. The van der Waals surface area contributed by atoms with Crippen molar-refractivity contribution >= 4 is 11.3 Å². The molecule has 0 aliphatic carbocycles. The van der Waals surface area contributed by atoms with Crippen molar-refractivity contribution in [2.75, 3.05) is 6.61 Å². The molecule has 1 N–H and O–H groups in total. The predicted molar refractivity (Wildman–Crippen MR) is 73.2 cm³/mol. The molecule has 2 heterocycles. The molecule has 1 aliphatic heterocycles. The van der Waals surface area contributed by atoms with Crippen LogP contribution in [0.4, 0.5) is 0 Å². The molecule has 1 unspecified atom stereocenters. The second-order valence-corrected chi connectivity index (χ2v) is 5.59. The van der Waals surface area contributed by atoms with Gasteiger partial charge in [0.05, 0.1) is 12.7 Å². The third-order valence-corrected chi connectivity index (χ3v) is 4.31. The van der Waals surface area contributed by atoms with E-state index in [4.69, 9.17) is 4.74 Å². The minimum atomic E-state index is -0.338. The summed E-state index contributed by atoms with van der Waals surface area (Å²) in [7, 11) is 0. The maximum Gasteiger partial charge on any atom is 0.122 e. The lowest BCUT2D eigenvalue weighted by molar-refractivity contribution is 0.171. The second kappa shape index (κ2) is 5.12. The molecule has 3 heteroatoms. The first-order valence-corrected chi connectivity index (χ1v) is 7.17. The molecule has 0 bridgehead atoms. The van der Waals surface area contributed by atoms with Crippen LogP contribution in [0.5, 0.6) is 5.75 Å². The summed E-state index contributed by atoms with van der Waals surface area (Å²) in [6, 6.07) is 10.3. The maximum absolute atomic E-state index is 10.0. The van der Waals surface area contributed by atoms with Gasteiger partial charge in [-0.1, -0.05) is 18.2 Å². The van der Waals surface area contributed by atoms with Crippen LogP contribution in [0.3, 0.4) is 0 Å². The molecular formula is C15H16O2S. The number of aryl methyl sites for hydroxylation is 1. The van der Waals surface area contributed by atoms with Gasteiger partial charge < -0.3 is 9.84 Å². The zero-order valence-corrected chi connectivity index (χ0v) is 11.0. The van der Waals surface area contributed by atoms with Crippen LogP contribution in [0.25, 0.3) is 0 Å². The Bertz CT molecular complexity index is 519. The lowest BCUT2D eigenvalue weighted by Crippen LogP contribution is -1.97. The fourth-order valence-corrected chi connectivity index (χ4v) is 3.07. The zero-order valence-electron chi connectivity index (χ0n) is 10.1. The van der Waals surface area contributed by atoms with Gasteiger partial charge in [0.1, 0.15) is 5.75 Å². The van der Waals surface area contributed by atoms with Crippen LogP contribution in [0, 0.1) is 0 Å². The first kappa shape index (κ1) is 11.8. The summed E-state index contributed by atoms with van der Waals surface area (Å²) in [6.45, 7) is 0.802. The molecule has 1 aromatic heterocycles. The van der Waals surface area contributed by atoms with Crippen LogP contribution in [0.1, 0.15) is 28.5 Å². The molecule has 0 amide bonds. The van der Waals surface area contributed by atoms with Crippen LogP contribution in [-0.4, -0.2) is 11.7 Å². The van der Waals surface area contributed by atoms with E-state index >= 15 is 0 Å². The quantitative estimate of drug-likeness (QED) is 0.913. The Balaban J connectivity index is 1.63. The molecule has 18 heavy (non-hydrogen) atoms. The SMILES string of the molecule is OC(CCc1ccc2c(c1)CCO2)c1cccs1. The van der Waals surface area contributed by atoms with E-state index in [1.54, 1.807) is 11.3 Å². The van der Waals surface area contributed by atoms with Crippen LogP contribution >= 0.6 is 11.3 Å². The van der Waals surface area contributed by atoms with E-state index < -0.39 is 0 Å². The number of thiophene rings is 1. The molecule has 0 fully saturated rings. The molecule has 1 aromatic carbocycles. The van der Waals surface area contributed by atoms with Crippen LogP contribution in [-0.2, 0) is 12.8 Å². The highest BCUT2D eigenvalue weighted by Gasteiger charge is 2.13. The average molecular weight is 260 g/mol. The lowest BCUT2D eigenvalue weighted by atomic mass is 10.0. The molecule has 3 rings (SSSR count). The van der Waals surface area contributed by atoms with Gasteiger partial charge in [0.2, 0.25) is 0 Å². The fraction of sp³-hybridized carbons (Fsp3) is 0.333. The van der Waals surface area contributed by atoms with Crippen LogP contribution in [0.2, 0.25) is 0 Å². The van der Waals surface area contributed by atoms with E-state index in [-0.39, 0.29) is 6.10 Å². The highest BCUT2D eigenvalue weighted by Crippen LogP contribution is 2.28. The van der Waals surface area contributed by atoms with Crippen molar-refractivity contribution in [3.8, 4) is 5.75 Å². The summed E-state index contributed by atoms with van der Waals surface area (Å²) in [5, 5.41) is 12.1. The maximum atomic E-state index is 10.0. The van der Waals surface area contributed by atoms with Crippen molar-refractivity contribution in [3.05, 3.63) is 51.7 Å². The summed E-state index contributed by atoms with van der Waals surface area (Å²) in [5.41, 5.74) is 2.59. The Morgan fingerprint density at radius 1 is 1.33 bits per heavy atom. The summed E-state index contributed by atoms with van der Waals surface area (Å²) < 4.78 is 5.49. The Morgan fingerprint density at radius 3 is 3.11 bits per heavy atom. The molecule has 0 radical (unpaired) electrons. The molecule has 0 spiro atoms. The van der Waals surface area contributed by atoms with Crippen molar-refractivity contribution < 1.29 is 9.84 Å². The smallest absolute Gasteiger partial charge is 0.122 e. The Kier molecular flexibility index (Phi) is 3.35. The van der Waals surface area contributed by atoms with E-state index in [1.807, 2.05) is 17.5 Å². The molecule has 0 saturated heterocycles. The second-order valence-electron chi connectivity index (χ2n) is 4.61. The Morgan fingerprint density at radius 2 is 2.28 bits per heavy atom. The first-order valence-electron chi connectivity index (χ1n) is 6.29. The van der Waals surface area contributed by atoms with Gasteiger partial charge in [0.25, 0.3) is 0 Å². The zero-order chi connectivity index (χ0) is 12.4. The number of hydrogen-bond donors (Lipinski definition) is 1. The van der Waals surface area contributed by atoms with E-state index in [0.717, 1.165) is 36.5 Å². The normalized spacial score (nSPS) is 15.2.